The summed E-state index contributed by atoms with van der Waals surface area (Å²) in [5.74, 6) is 0. The van der Waals surface area contributed by atoms with E-state index in [1.54, 1.807) is 12.1 Å². The molecule has 0 aliphatic carbocycles. The Balaban J connectivity index is 1.63. The van der Waals surface area contributed by atoms with Crippen LogP contribution >= 0.6 is 0 Å². The lowest BCUT2D eigenvalue weighted by atomic mass is 9.89. The quantitative estimate of drug-likeness (QED) is 0.364. The number of hydrogen-bond acceptors (Lipinski definition) is 5. The van der Waals surface area contributed by atoms with Crippen molar-refractivity contribution in [3.05, 3.63) is 106 Å². The highest BCUT2D eigenvalue weighted by Crippen LogP contribution is 2.59. The van der Waals surface area contributed by atoms with Gasteiger partial charge in [-0.15, -0.1) is 0 Å². The number of nitro groups is 1. The highest BCUT2D eigenvalue weighted by molar-refractivity contribution is 5.78. The van der Waals surface area contributed by atoms with E-state index in [2.05, 4.69) is 40.1 Å². The number of anilines is 1. The standard InChI is InChI=1S/C24H22N4O2/c1-26(2)21-11-7-6-10-20(21)24(18-8-4-3-5-9-18)25-16-22-23(27(22)24)17-12-14-19(15-13-17)28(29)30/h3-16,22-23H,1-2H3. The molecule has 3 aromatic rings. The minimum Gasteiger partial charge on any atom is -0.377 e. The van der Waals surface area contributed by atoms with E-state index in [-0.39, 0.29) is 22.7 Å². The Morgan fingerprint density at radius 2 is 1.63 bits per heavy atom. The predicted molar refractivity (Wildman–Crippen MR) is 118 cm³/mol. The number of para-hydroxylation sites is 1. The molecule has 2 aliphatic rings. The van der Waals surface area contributed by atoms with Gasteiger partial charge in [0, 0.05) is 43.7 Å². The van der Waals surface area contributed by atoms with E-state index in [1.807, 2.05) is 56.7 Å². The third-order valence-electron chi connectivity index (χ3n) is 6.03. The van der Waals surface area contributed by atoms with Gasteiger partial charge in [0.15, 0.2) is 5.66 Å². The second-order valence-electron chi connectivity index (χ2n) is 7.92. The molecule has 0 amide bonds. The van der Waals surface area contributed by atoms with E-state index < -0.39 is 5.66 Å². The normalized spacial score (nSPS) is 26.3. The lowest BCUT2D eigenvalue weighted by Crippen LogP contribution is -2.35. The summed E-state index contributed by atoms with van der Waals surface area (Å²) in [7, 11) is 4.09. The number of nitrogens with zero attached hydrogens (tertiary/aromatic N) is 4. The number of hydrogen-bond donors (Lipinski definition) is 0. The molecule has 0 aromatic heterocycles. The van der Waals surface area contributed by atoms with Crippen molar-refractivity contribution in [1.82, 2.24) is 4.90 Å². The summed E-state index contributed by atoms with van der Waals surface area (Å²) in [4.78, 5) is 20.3. The Morgan fingerprint density at radius 1 is 0.967 bits per heavy atom. The Morgan fingerprint density at radius 3 is 2.30 bits per heavy atom. The molecule has 6 nitrogen and oxygen atoms in total. The number of aliphatic imine (C=N–C) groups is 1. The minimum atomic E-state index is -0.626. The van der Waals surface area contributed by atoms with Crippen molar-refractivity contribution >= 4 is 17.6 Å². The largest absolute Gasteiger partial charge is 0.377 e. The maximum atomic E-state index is 11.0. The van der Waals surface area contributed by atoms with Crippen LogP contribution in [-0.4, -0.2) is 36.2 Å². The second kappa shape index (κ2) is 6.78. The van der Waals surface area contributed by atoms with Crippen molar-refractivity contribution in [3.8, 4) is 0 Å². The van der Waals surface area contributed by atoms with Crippen LogP contribution in [0.5, 0.6) is 0 Å². The van der Waals surface area contributed by atoms with E-state index in [4.69, 9.17) is 4.99 Å². The van der Waals surface area contributed by atoms with Crippen LogP contribution in [0.3, 0.4) is 0 Å². The summed E-state index contributed by atoms with van der Waals surface area (Å²) in [5.41, 5.74) is 3.92. The van der Waals surface area contributed by atoms with Crippen molar-refractivity contribution in [1.29, 1.82) is 0 Å². The van der Waals surface area contributed by atoms with Crippen molar-refractivity contribution in [2.24, 2.45) is 4.99 Å². The van der Waals surface area contributed by atoms with Crippen molar-refractivity contribution < 1.29 is 4.92 Å². The van der Waals surface area contributed by atoms with Gasteiger partial charge in [-0.2, -0.15) is 0 Å². The van der Waals surface area contributed by atoms with Crippen molar-refractivity contribution in [2.45, 2.75) is 17.7 Å². The second-order valence-corrected chi connectivity index (χ2v) is 7.92. The third-order valence-corrected chi connectivity index (χ3v) is 6.03. The monoisotopic (exact) mass is 398 g/mol. The van der Waals surface area contributed by atoms with Gasteiger partial charge in [0.25, 0.3) is 5.69 Å². The van der Waals surface area contributed by atoms with Crippen LogP contribution in [0.4, 0.5) is 11.4 Å². The van der Waals surface area contributed by atoms with Crippen LogP contribution < -0.4 is 4.90 Å². The maximum absolute atomic E-state index is 11.0. The van der Waals surface area contributed by atoms with Gasteiger partial charge >= 0.3 is 0 Å². The summed E-state index contributed by atoms with van der Waals surface area (Å²) in [6.07, 6.45) is 2.03. The molecular weight excluding hydrogens is 376 g/mol. The van der Waals surface area contributed by atoms with Crippen LogP contribution in [0.1, 0.15) is 22.7 Å². The third kappa shape index (κ3) is 2.64. The van der Waals surface area contributed by atoms with Crippen LogP contribution in [0, 0.1) is 10.1 Å². The van der Waals surface area contributed by atoms with Gasteiger partial charge in [-0.25, -0.2) is 0 Å². The summed E-state index contributed by atoms with van der Waals surface area (Å²) in [6.45, 7) is 0. The van der Waals surface area contributed by atoms with Gasteiger partial charge in [-0.1, -0.05) is 60.7 Å². The molecule has 1 fully saturated rings. The van der Waals surface area contributed by atoms with Crippen LogP contribution in [0.15, 0.2) is 83.9 Å². The first kappa shape index (κ1) is 18.5. The number of non-ortho nitro benzene ring substituents is 1. The lowest BCUT2D eigenvalue weighted by molar-refractivity contribution is -0.384. The molecule has 4 unspecified atom stereocenters. The molecule has 2 aliphatic heterocycles. The average Bonchev–Trinajstić information content (AvgIpc) is 3.37. The minimum absolute atomic E-state index is 0.112. The smallest absolute Gasteiger partial charge is 0.269 e. The summed E-state index contributed by atoms with van der Waals surface area (Å²) in [6, 6.07) is 25.9. The summed E-state index contributed by atoms with van der Waals surface area (Å²) >= 11 is 0. The fraction of sp³-hybridized carbons (Fsp3) is 0.208. The highest BCUT2D eigenvalue weighted by Gasteiger charge is 2.64. The van der Waals surface area contributed by atoms with Crippen molar-refractivity contribution in [2.75, 3.05) is 19.0 Å². The number of benzene rings is 3. The first-order chi connectivity index (χ1) is 14.5. The molecule has 6 heteroatoms. The highest BCUT2D eigenvalue weighted by atomic mass is 16.6. The molecule has 0 spiro atoms. The van der Waals surface area contributed by atoms with Gasteiger partial charge in [0.05, 0.1) is 17.0 Å². The topological polar surface area (TPSA) is 61.7 Å². The fourth-order valence-corrected chi connectivity index (χ4v) is 4.64. The Bertz CT molecular complexity index is 1130. The Kier molecular flexibility index (Phi) is 4.18. The first-order valence-corrected chi connectivity index (χ1v) is 9.94. The molecule has 0 saturated carbocycles. The molecule has 0 bridgehead atoms. The molecule has 3 aromatic carbocycles. The lowest BCUT2D eigenvalue weighted by Gasteiger charge is -2.34. The molecule has 0 N–H and O–H groups in total. The van der Waals surface area contributed by atoms with E-state index in [0.29, 0.717) is 0 Å². The number of fused-ring (bicyclic) bond motifs is 1. The fourth-order valence-electron chi connectivity index (χ4n) is 4.64. The number of nitro benzene ring substituents is 1. The van der Waals surface area contributed by atoms with Crippen LogP contribution in [-0.2, 0) is 5.66 Å². The molecule has 150 valence electrons. The van der Waals surface area contributed by atoms with E-state index in [9.17, 15) is 10.1 Å². The summed E-state index contributed by atoms with van der Waals surface area (Å²) < 4.78 is 0. The van der Waals surface area contributed by atoms with Gasteiger partial charge < -0.3 is 4.90 Å². The van der Waals surface area contributed by atoms with E-state index >= 15 is 0 Å². The van der Waals surface area contributed by atoms with E-state index in [1.165, 1.54) is 0 Å². The average molecular weight is 398 g/mol. The van der Waals surface area contributed by atoms with Gasteiger partial charge in [0.2, 0.25) is 0 Å². The molecule has 2 heterocycles. The molecule has 4 atom stereocenters. The molecule has 30 heavy (non-hydrogen) atoms. The molecular formula is C24H22N4O2. The van der Waals surface area contributed by atoms with Gasteiger partial charge in [0.1, 0.15) is 0 Å². The Hall–Kier alpha value is -3.51. The summed E-state index contributed by atoms with van der Waals surface area (Å²) in [5, 5.41) is 11.0. The van der Waals surface area contributed by atoms with Crippen LogP contribution in [0.25, 0.3) is 0 Å². The molecule has 5 rings (SSSR count). The van der Waals surface area contributed by atoms with Crippen LogP contribution in [0.2, 0.25) is 0 Å². The zero-order valence-electron chi connectivity index (χ0n) is 16.8. The van der Waals surface area contributed by atoms with Gasteiger partial charge in [-0.05, 0) is 17.2 Å². The Labute approximate surface area is 175 Å². The zero-order chi connectivity index (χ0) is 20.9. The molecule has 1 saturated heterocycles. The first-order valence-electron chi connectivity index (χ1n) is 9.94. The van der Waals surface area contributed by atoms with Crippen molar-refractivity contribution in [3.63, 3.8) is 0 Å². The van der Waals surface area contributed by atoms with E-state index in [0.717, 1.165) is 22.4 Å². The number of rotatable bonds is 5. The SMILES string of the molecule is CN(C)c1ccccc1C1(c2ccccc2)N=CC2C(c3ccc([N+](=O)[O-])cc3)N21. The molecule has 0 radical (unpaired) electrons. The maximum Gasteiger partial charge on any atom is 0.269 e. The zero-order valence-corrected chi connectivity index (χ0v) is 16.8. The predicted octanol–water partition coefficient (Wildman–Crippen LogP) is 4.37. The van der Waals surface area contributed by atoms with Gasteiger partial charge in [-0.3, -0.25) is 20.0 Å².